The maximum atomic E-state index is 12.7. The van der Waals surface area contributed by atoms with Gasteiger partial charge in [-0.1, -0.05) is 18.2 Å². The maximum Gasteiger partial charge on any atom is 0.409 e. The van der Waals surface area contributed by atoms with Gasteiger partial charge in [0.25, 0.3) is 5.91 Å². The highest BCUT2D eigenvalue weighted by Crippen LogP contribution is 2.18. The van der Waals surface area contributed by atoms with E-state index >= 15 is 0 Å². The van der Waals surface area contributed by atoms with Gasteiger partial charge in [0.2, 0.25) is 0 Å². The lowest BCUT2D eigenvalue weighted by atomic mass is 10.1. The number of nitrogens with zero attached hydrogens (tertiary/aromatic N) is 3. The van der Waals surface area contributed by atoms with Crippen molar-refractivity contribution >= 4 is 23.5 Å². The minimum Gasteiger partial charge on any atom is -0.450 e. The molecule has 8 heteroatoms. The summed E-state index contributed by atoms with van der Waals surface area (Å²) in [5.74, 6) is 0.862. The zero-order valence-corrected chi connectivity index (χ0v) is 17.1. The highest BCUT2D eigenvalue weighted by molar-refractivity contribution is 6.03. The summed E-state index contributed by atoms with van der Waals surface area (Å²) in [7, 11) is 0. The van der Waals surface area contributed by atoms with Crippen LogP contribution < -0.4 is 10.6 Å². The number of nitrogens with one attached hydrogen (secondary N) is 2. The third-order valence-electron chi connectivity index (χ3n) is 4.84. The van der Waals surface area contributed by atoms with Crippen LogP contribution in [0.15, 0.2) is 30.3 Å². The molecule has 2 N–H and O–H groups in total. The van der Waals surface area contributed by atoms with E-state index in [4.69, 9.17) is 4.74 Å². The Bertz CT molecular complexity index is 878. The van der Waals surface area contributed by atoms with Gasteiger partial charge in [-0.25, -0.2) is 14.8 Å². The average Bonchev–Trinajstić information content (AvgIpc) is 2.70. The molecule has 154 valence electrons. The van der Waals surface area contributed by atoms with Crippen LogP contribution in [0.3, 0.4) is 0 Å². The van der Waals surface area contributed by atoms with Crippen molar-refractivity contribution in [2.24, 2.45) is 0 Å². The molecule has 29 heavy (non-hydrogen) atoms. The van der Waals surface area contributed by atoms with Gasteiger partial charge in [0.05, 0.1) is 6.61 Å². The number of aryl methyl sites for hydroxylation is 2. The normalized spacial score (nSPS) is 14.4. The summed E-state index contributed by atoms with van der Waals surface area (Å²) < 4.78 is 5.05. The number of ether oxygens (including phenoxy) is 1. The quantitative estimate of drug-likeness (QED) is 0.803. The second kappa shape index (κ2) is 9.36. The van der Waals surface area contributed by atoms with E-state index in [1.807, 2.05) is 31.2 Å². The largest absolute Gasteiger partial charge is 0.450 e. The molecule has 2 heterocycles. The lowest BCUT2D eigenvalue weighted by molar-refractivity contribution is 0.0980. The Morgan fingerprint density at radius 3 is 2.59 bits per heavy atom. The van der Waals surface area contributed by atoms with Crippen molar-refractivity contribution in [3.63, 3.8) is 0 Å². The van der Waals surface area contributed by atoms with Gasteiger partial charge in [-0.15, -0.1) is 0 Å². The molecule has 0 spiro atoms. The van der Waals surface area contributed by atoms with E-state index in [1.54, 1.807) is 24.8 Å². The number of amides is 2. The second-order valence-electron chi connectivity index (χ2n) is 7.06. The van der Waals surface area contributed by atoms with Crippen LogP contribution in [0.5, 0.6) is 0 Å². The molecule has 0 aliphatic carbocycles. The number of aromatic nitrogens is 2. The van der Waals surface area contributed by atoms with E-state index in [0.29, 0.717) is 37.0 Å². The highest BCUT2D eigenvalue weighted by atomic mass is 16.6. The van der Waals surface area contributed by atoms with Crippen LogP contribution in [-0.2, 0) is 4.74 Å². The SMILES string of the molecule is CCOC(=O)N1CCC(Nc2cc(C(=O)Nc3ccccc3C)nc(C)n2)CC1. The Labute approximate surface area is 170 Å². The van der Waals surface area contributed by atoms with Gasteiger partial charge in [-0.3, -0.25) is 4.79 Å². The number of hydrogen-bond acceptors (Lipinski definition) is 6. The monoisotopic (exact) mass is 397 g/mol. The molecule has 8 nitrogen and oxygen atoms in total. The van der Waals surface area contributed by atoms with E-state index < -0.39 is 0 Å². The summed E-state index contributed by atoms with van der Waals surface area (Å²) in [4.78, 5) is 34.9. The molecule has 1 aromatic carbocycles. The van der Waals surface area contributed by atoms with Crippen LogP contribution in [-0.4, -0.2) is 52.6 Å². The molecule has 0 radical (unpaired) electrons. The topological polar surface area (TPSA) is 96.5 Å². The number of piperidine rings is 1. The van der Waals surface area contributed by atoms with Crippen LogP contribution >= 0.6 is 0 Å². The molecule has 1 aliphatic rings. The van der Waals surface area contributed by atoms with Crippen LogP contribution in [0.1, 0.15) is 41.6 Å². The Kier molecular flexibility index (Phi) is 6.64. The zero-order chi connectivity index (χ0) is 20.8. The summed E-state index contributed by atoms with van der Waals surface area (Å²) in [6.07, 6.45) is 1.30. The van der Waals surface area contributed by atoms with Crippen LogP contribution in [0.2, 0.25) is 0 Å². The summed E-state index contributed by atoms with van der Waals surface area (Å²) in [5.41, 5.74) is 2.06. The van der Waals surface area contributed by atoms with Gasteiger partial charge in [-0.2, -0.15) is 0 Å². The lowest BCUT2D eigenvalue weighted by Crippen LogP contribution is -2.42. The first-order chi connectivity index (χ1) is 14.0. The number of likely N-dealkylation sites (tertiary alicyclic amines) is 1. The number of hydrogen-bond donors (Lipinski definition) is 2. The van der Waals surface area contributed by atoms with E-state index in [2.05, 4.69) is 20.6 Å². The molecule has 2 amide bonds. The van der Waals surface area contributed by atoms with Gasteiger partial charge >= 0.3 is 6.09 Å². The van der Waals surface area contributed by atoms with Gasteiger partial charge in [0.15, 0.2) is 0 Å². The fourth-order valence-electron chi connectivity index (χ4n) is 3.29. The van der Waals surface area contributed by atoms with Gasteiger partial charge < -0.3 is 20.3 Å². The second-order valence-corrected chi connectivity index (χ2v) is 7.06. The average molecular weight is 397 g/mol. The number of carbonyl (C=O) groups is 2. The highest BCUT2D eigenvalue weighted by Gasteiger charge is 2.24. The first kappa shape index (κ1) is 20.6. The Hall–Kier alpha value is -3.16. The molecule has 0 unspecified atom stereocenters. The van der Waals surface area contributed by atoms with Crippen molar-refractivity contribution in [2.45, 2.75) is 39.7 Å². The number of benzene rings is 1. The molecule has 0 saturated carbocycles. The fourth-order valence-corrected chi connectivity index (χ4v) is 3.29. The van der Waals surface area contributed by atoms with Crippen LogP contribution in [0.25, 0.3) is 0 Å². The van der Waals surface area contributed by atoms with Gasteiger partial charge in [0, 0.05) is 30.9 Å². The minimum absolute atomic E-state index is 0.169. The maximum absolute atomic E-state index is 12.7. The molecule has 0 bridgehead atoms. The molecular weight excluding hydrogens is 370 g/mol. The number of rotatable bonds is 5. The Balaban J connectivity index is 1.63. The number of carbonyl (C=O) groups excluding carboxylic acids is 2. The summed E-state index contributed by atoms with van der Waals surface area (Å²) in [5, 5.41) is 6.27. The van der Waals surface area contributed by atoms with Crippen molar-refractivity contribution < 1.29 is 14.3 Å². The van der Waals surface area contributed by atoms with E-state index in [-0.39, 0.29) is 18.0 Å². The molecule has 1 fully saturated rings. The van der Waals surface area contributed by atoms with E-state index in [9.17, 15) is 9.59 Å². The molecule has 0 atom stereocenters. The van der Waals surface area contributed by atoms with Crippen molar-refractivity contribution in [1.82, 2.24) is 14.9 Å². The fraction of sp³-hybridized carbons (Fsp3) is 0.429. The minimum atomic E-state index is -0.273. The molecular formula is C21H27N5O3. The zero-order valence-electron chi connectivity index (χ0n) is 17.1. The van der Waals surface area contributed by atoms with E-state index in [1.165, 1.54) is 0 Å². The summed E-state index contributed by atoms with van der Waals surface area (Å²) >= 11 is 0. The van der Waals surface area contributed by atoms with Crippen LogP contribution in [0.4, 0.5) is 16.3 Å². The summed E-state index contributed by atoms with van der Waals surface area (Å²) in [6.45, 7) is 7.14. The molecule has 1 saturated heterocycles. The molecule has 3 rings (SSSR count). The Morgan fingerprint density at radius 1 is 1.17 bits per heavy atom. The van der Waals surface area contributed by atoms with Crippen molar-refractivity contribution in [2.75, 3.05) is 30.3 Å². The molecule has 2 aromatic rings. The van der Waals surface area contributed by atoms with Gasteiger partial charge in [0.1, 0.15) is 17.3 Å². The standard InChI is InChI=1S/C21H27N5O3/c1-4-29-21(28)26-11-9-16(10-12-26)24-19-13-18(22-15(3)23-19)20(27)25-17-8-6-5-7-14(17)2/h5-8,13,16H,4,9-12H2,1-3H3,(H,25,27)(H,22,23,24). The van der Waals surface area contributed by atoms with Crippen molar-refractivity contribution in [3.8, 4) is 0 Å². The third kappa shape index (κ3) is 5.43. The van der Waals surface area contributed by atoms with E-state index in [0.717, 1.165) is 24.1 Å². The van der Waals surface area contributed by atoms with Gasteiger partial charge in [-0.05, 0) is 45.2 Å². The first-order valence-corrected chi connectivity index (χ1v) is 9.87. The lowest BCUT2D eigenvalue weighted by Gasteiger charge is -2.31. The third-order valence-corrected chi connectivity index (χ3v) is 4.84. The predicted molar refractivity (Wildman–Crippen MR) is 111 cm³/mol. The van der Waals surface area contributed by atoms with Crippen LogP contribution in [0, 0.1) is 13.8 Å². The van der Waals surface area contributed by atoms with Crippen molar-refractivity contribution in [1.29, 1.82) is 0 Å². The summed E-state index contributed by atoms with van der Waals surface area (Å²) in [6, 6.07) is 9.44. The number of anilines is 2. The number of para-hydroxylation sites is 1. The Morgan fingerprint density at radius 2 is 1.90 bits per heavy atom. The first-order valence-electron chi connectivity index (χ1n) is 9.87. The smallest absolute Gasteiger partial charge is 0.409 e. The predicted octanol–water partition coefficient (Wildman–Crippen LogP) is 3.38. The molecule has 1 aliphatic heterocycles. The van der Waals surface area contributed by atoms with Crippen molar-refractivity contribution in [3.05, 3.63) is 47.4 Å². The molecule has 1 aromatic heterocycles.